The Morgan fingerprint density at radius 3 is 2.69 bits per heavy atom. The minimum atomic E-state index is -0.0448. The standard InChI is InChI=1S/C22H36N4O3/c1-15(2)25-21(27)17-8-6-9-18(12-17)26-22(23-4)24-14-16(3)29-20-11-7-10-19(13-20)28-5/h7,10-11,13,15-18H,6,8-9,12,14H2,1-5H3,(H,25,27)(H2,23,24,26). The van der Waals surface area contributed by atoms with Crippen molar-refractivity contribution in [2.45, 2.75) is 64.6 Å². The zero-order valence-electron chi connectivity index (χ0n) is 18.3. The van der Waals surface area contributed by atoms with Crippen molar-refractivity contribution in [2.75, 3.05) is 20.7 Å². The van der Waals surface area contributed by atoms with Gasteiger partial charge < -0.3 is 25.4 Å². The van der Waals surface area contributed by atoms with Gasteiger partial charge in [0.15, 0.2) is 5.96 Å². The molecule has 3 atom stereocenters. The van der Waals surface area contributed by atoms with Gasteiger partial charge in [-0.05, 0) is 52.2 Å². The predicted octanol–water partition coefficient (Wildman–Crippen LogP) is 2.71. The molecule has 1 aromatic carbocycles. The number of methoxy groups -OCH3 is 1. The molecule has 3 unspecified atom stereocenters. The van der Waals surface area contributed by atoms with Gasteiger partial charge in [0.25, 0.3) is 0 Å². The molecule has 1 fully saturated rings. The van der Waals surface area contributed by atoms with E-state index in [-0.39, 0.29) is 30.0 Å². The highest BCUT2D eigenvalue weighted by Gasteiger charge is 2.28. The monoisotopic (exact) mass is 404 g/mol. The molecule has 0 bridgehead atoms. The summed E-state index contributed by atoms with van der Waals surface area (Å²) < 4.78 is 11.2. The molecule has 1 saturated carbocycles. The maximum Gasteiger partial charge on any atom is 0.223 e. The number of carbonyl (C=O) groups excluding carboxylic acids is 1. The lowest BCUT2D eigenvalue weighted by Crippen LogP contribution is -2.49. The first-order valence-corrected chi connectivity index (χ1v) is 10.5. The number of amides is 1. The molecule has 0 aromatic heterocycles. The van der Waals surface area contributed by atoms with Gasteiger partial charge >= 0.3 is 0 Å². The largest absolute Gasteiger partial charge is 0.497 e. The van der Waals surface area contributed by atoms with E-state index in [4.69, 9.17) is 9.47 Å². The number of ether oxygens (including phenoxy) is 2. The van der Waals surface area contributed by atoms with Crippen LogP contribution in [0.3, 0.4) is 0 Å². The van der Waals surface area contributed by atoms with Gasteiger partial charge in [-0.2, -0.15) is 0 Å². The van der Waals surface area contributed by atoms with Crippen LogP contribution in [0, 0.1) is 5.92 Å². The van der Waals surface area contributed by atoms with Crippen LogP contribution in [0.1, 0.15) is 46.5 Å². The number of hydrogen-bond donors (Lipinski definition) is 3. The molecule has 29 heavy (non-hydrogen) atoms. The average molecular weight is 405 g/mol. The summed E-state index contributed by atoms with van der Waals surface area (Å²) in [4.78, 5) is 16.7. The first-order chi connectivity index (χ1) is 13.9. The molecule has 0 aliphatic heterocycles. The van der Waals surface area contributed by atoms with E-state index in [1.54, 1.807) is 14.2 Å². The van der Waals surface area contributed by atoms with E-state index < -0.39 is 0 Å². The Balaban J connectivity index is 1.80. The lowest BCUT2D eigenvalue weighted by atomic mass is 9.85. The third-order valence-electron chi connectivity index (χ3n) is 4.98. The van der Waals surface area contributed by atoms with Crippen molar-refractivity contribution < 1.29 is 14.3 Å². The number of nitrogens with zero attached hydrogens (tertiary/aromatic N) is 1. The van der Waals surface area contributed by atoms with Gasteiger partial charge in [-0.25, -0.2) is 0 Å². The van der Waals surface area contributed by atoms with E-state index in [9.17, 15) is 4.79 Å². The number of benzene rings is 1. The Morgan fingerprint density at radius 2 is 2.00 bits per heavy atom. The van der Waals surface area contributed by atoms with E-state index in [2.05, 4.69) is 20.9 Å². The van der Waals surface area contributed by atoms with Gasteiger partial charge in [0.1, 0.15) is 17.6 Å². The van der Waals surface area contributed by atoms with E-state index in [0.717, 1.165) is 43.1 Å². The highest BCUT2D eigenvalue weighted by atomic mass is 16.5. The minimum absolute atomic E-state index is 0.0448. The molecule has 1 aliphatic carbocycles. The lowest BCUT2D eigenvalue weighted by molar-refractivity contribution is -0.126. The van der Waals surface area contributed by atoms with E-state index in [1.165, 1.54) is 0 Å². The van der Waals surface area contributed by atoms with Crippen molar-refractivity contribution in [3.8, 4) is 11.5 Å². The van der Waals surface area contributed by atoms with Crippen LogP contribution in [0.5, 0.6) is 11.5 Å². The molecule has 3 N–H and O–H groups in total. The summed E-state index contributed by atoms with van der Waals surface area (Å²) in [5.41, 5.74) is 0. The summed E-state index contributed by atoms with van der Waals surface area (Å²) >= 11 is 0. The summed E-state index contributed by atoms with van der Waals surface area (Å²) in [6, 6.07) is 8.00. The second-order valence-corrected chi connectivity index (χ2v) is 7.93. The lowest BCUT2D eigenvalue weighted by Gasteiger charge is -2.30. The molecule has 7 nitrogen and oxygen atoms in total. The zero-order chi connectivity index (χ0) is 21.2. The first kappa shape index (κ1) is 22.8. The van der Waals surface area contributed by atoms with Crippen molar-refractivity contribution in [3.05, 3.63) is 24.3 Å². The second kappa shape index (κ2) is 11.5. The van der Waals surface area contributed by atoms with Gasteiger partial charge in [-0.3, -0.25) is 9.79 Å². The second-order valence-electron chi connectivity index (χ2n) is 7.93. The van der Waals surface area contributed by atoms with Crippen LogP contribution in [-0.2, 0) is 4.79 Å². The van der Waals surface area contributed by atoms with E-state index >= 15 is 0 Å². The summed E-state index contributed by atoms with van der Waals surface area (Å²) in [6.07, 6.45) is 3.82. The van der Waals surface area contributed by atoms with Crippen LogP contribution in [0.4, 0.5) is 0 Å². The maximum atomic E-state index is 12.3. The fraction of sp³-hybridized carbons (Fsp3) is 0.636. The molecule has 1 aromatic rings. The number of hydrogen-bond acceptors (Lipinski definition) is 4. The quantitative estimate of drug-likeness (QED) is 0.458. The Kier molecular flexibility index (Phi) is 9.09. The molecule has 1 amide bonds. The molecule has 0 spiro atoms. The predicted molar refractivity (Wildman–Crippen MR) is 117 cm³/mol. The smallest absolute Gasteiger partial charge is 0.223 e. The summed E-state index contributed by atoms with van der Waals surface area (Å²) in [7, 11) is 3.40. The van der Waals surface area contributed by atoms with Crippen molar-refractivity contribution in [3.63, 3.8) is 0 Å². The van der Waals surface area contributed by atoms with Crippen LogP contribution in [0.15, 0.2) is 29.3 Å². The Labute approximate surface area is 174 Å². The third kappa shape index (κ3) is 7.83. The number of nitrogens with one attached hydrogen (secondary N) is 3. The summed E-state index contributed by atoms with van der Waals surface area (Å²) in [5, 5.41) is 9.82. The molecule has 1 aliphatic rings. The van der Waals surface area contributed by atoms with Crippen molar-refractivity contribution in [1.82, 2.24) is 16.0 Å². The van der Waals surface area contributed by atoms with Gasteiger partial charge in [-0.15, -0.1) is 0 Å². The minimum Gasteiger partial charge on any atom is -0.497 e. The Bertz CT molecular complexity index is 678. The third-order valence-corrected chi connectivity index (χ3v) is 4.98. The maximum absolute atomic E-state index is 12.3. The number of carbonyl (C=O) groups is 1. The Morgan fingerprint density at radius 1 is 1.24 bits per heavy atom. The first-order valence-electron chi connectivity index (χ1n) is 10.5. The number of aliphatic imine (C=N–C) groups is 1. The van der Waals surface area contributed by atoms with Crippen LogP contribution >= 0.6 is 0 Å². The Hall–Kier alpha value is -2.44. The fourth-order valence-corrected chi connectivity index (χ4v) is 3.54. The van der Waals surface area contributed by atoms with Crippen LogP contribution < -0.4 is 25.4 Å². The van der Waals surface area contributed by atoms with E-state index in [0.29, 0.717) is 6.54 Å². The van der Waals surface area contributed by atoms with Crippen molar-refractivity contribution >= 4 is 11.9 Å². The van der Waals surface area contributed by atoms with Crippen molar-refractivity contribution in [1.29, 1.82) is 0 Å². The van der Waals surface area contributed by atoms with Gasteiger partial charge in [0.05, 0.1) is 13.7 Å². The van der Waals surface area contributed by atoms with Crippen LogP contribution in [0.25, 0.3) is 0 Å². The molecule has 0 heterocycles. The molecular weight excluding hydrogens is 368 g/mol. The summed E-state index contributed by atoms with van der Waals surface area (Å²) in [6.45, 7) is 6.61. The van der Waals surface area contributed by atoms with Crippen LogP contribution in [-0.4, -0.2) is 50.8 Å². The van der Waals surface area contributed by atoms with Gasteiger partial charge in [-0.1, -0.05) is 12.5 Å². The fourth-order valence-electron chi connectivity index (χ4n) is 3.54. The van der Waals surface area contributed by atoms with Gasteiger partial charge in [0.2, 0.25) is 5.91 Å². The average Bonchev–Trinajstić information content (AvgIpc) is 2.71. The number of rotatable bonds is 8. The van der Waals surface area contributed by atoms with Crippen LogP contribution in [0.2, 0.25) is 0 Å². The number of guanidine groups is 1. The topological polar surface area (TPSA) is 84.0 Å². The molecule has 162 valence electrons. The molecule has 7 heteroatoms. The molecule has 0 radical (unpaired) electrons. The summed E-state index contributed by atoms with van der Waals surface area (Å²) in [5.74, 6) is 2.51. The highest BCUT2D eigenvalue weighted by molar-refractivity contribution is 5.81. The SMILES string of the molecule is CN=C(NCC(C)Oc1cccc(OC)c1)NC1CCCC(C(=O)NC(C)C)C1. The molecular formula is C22H36N4O3. The highest BCUT2D eigenvalue weighted by Crippen LogP contribution is 2.24. The zero-order valence-corrected chi connectivity index (χ0v) is 18.3. The van der Waals surface area contributed by atoms with Gasteiger partial charge in [0, 0.05) is 31.1 Å². The van der Waals surface area contributed by atoms with E-state index in [1.807, 2.05) is 45.0 Å². The molecule has 2 rings (SSSR count). The molecule has 0 saturated heterocycles. The normalized spacial score (nSPS) is 20.7. The van der Waals surface area contributed by atoms with Crippen molar-refractivity contribution in [2.24, 2.45) is 10.9 Å².